The van der Waals surface area contributed by atoms with Crippen LogP contribution in [-0.2, 0) is 19.5 Å². The van der Waals surface area contributed by atoms with Crippen molar-refractivity contribution < 1.29 is 9.90 Å². The lowest BCUT2D eigenvalue weighted by Gasteiger charge is -2.15. The minimum absolute atomic E-state index is 0.298. The fraction of sp³-hybridized carbons (Fsp3) is 0.346. The van der Waals surface area contributed by atoms with Crippen LogP contribution < -0.4 is 5.32 Å². The number of rotatable bonds is 9. The number of nitrogens with one attached hydrogen (secondary N) is 1. The average Bonchev–Trinajstić information content (AvgIpc) is 2.96. The number of aromatic carboxylic acids is 1. The Labute approximate surface area is 179 Å². The van der Waals surface area contributed by atoms with Gasteiger partial charge in [-0.3, -0.25) is 0 Å². The van der Waals surface area contributed by atoms with E-state index in [2.05, 4.69) is 66.2 Å². The molecule has 3 aromatic rings. The number of aryl methyl sites for hydroxylation is 2. The Morgan fingerprint density at radius 1 is 1.00 bits per heavy atom. The van der Waals surface area contributed by atoms with E-state index in [0.717, 1.165) is 29.8 Å². The summed E-state index contributed by atoms with van der Waals surface area (Å²) in [7, 11) is 0. The first-order valence-electron chi connectivity index (χ1n) is 10.6. The Morgan fingerprint density at radius 2 is 1.70 bits per heavy atom. The number of carboxylic acids is 1. The summed E-state index contributed by atoms with van der Waals surface area (Å²) in [5.74, 6) is -0.854. The van der Waals surface area contributed by atoms with Crippen LogP contribution in [0.3, 0.4) is 0 Å². The number of carboxylic acid groups (broad SMARTS) is 1. The van der Waals surface area contributed by atoms with E-state index in [-0.39, 0.29) is 0 Å². The molecule has 0 aliphatic heterocycles. The number of carbonyl (C=O) groups is 1. The molecule has 1 atom stereocenters. The van der Waals surface area contributed by atoms with E-state index in [1.165, 1.54) is 16.7 Å². The van der Waals surface area contributed by atoms with E-state index in [1.54, 1.807) is 0 Å². The van der Waals surface area contributed by atoms with Crippen LogP contribution in [0.5, 0.6) is 0 Å². The molecule has 158 valence electrons. The van der Waals surface area contributed by atoms with E-state index in [0.29, 0.717) is 24.7 Å². The lowest BCUT2D eigenvalue weighted by molar-refractivity contribution is 0.0694. The predicted molar refractivity (Wildman–Crippen MR) is 122 cm³/mol. The maximum Gasteiger partial charge on any atom is 0.337 e. The van der Waals surface area contributed by atoms with Gasteiger partial charge in [-0.2, -0.15) is 0 Å². The monoisotopic (exact) mass is 404 g/mol. The van der Waals surface area contributed by atoms with Crippen molar-refractivity contribution >= 4 is 5.97 Å². The summed E-state index contributed by atoms with van der Waals surface area (Å²) in [6.45, 7) is 9.42. The molecule has 0 aliphatic carbocycles. The van der Waals surface area contributed by atoms with Crippen molar-refractivity contribution in [3.63, 3.8) is 0 Å². The molecule has 1 aromatic heterocycles. The van der Waals surface area contributed by atoms with Crippen molar-refractivity contribution in [2.45, 2.75) is 59.7 Å². The van der Waals surface area contributed by atoms with Gasteiger partial charge < -0.3 is 15.0 Å². The third kappa shape index (κ3) is 5.19. The van der Waals surface area contributed by atoms with Crippen molar-refractivity contribution in [3.05, 3.63) is 93.8 Å². The van der Waals surface area contributed by atoms with Crippen LogP contribution in [0.25, 0.3) is 0 Å². The molecule has 4 nitrogen and oxygen atoms in total. The molecule has 0 fully saturated rings. The molecule has 30 heavy (non-hydrogen) atoms. The zero-order valence-electron chi connectivity index (χ0n) is 18.4. The molecule has 3 rings (SSSR count). The first kappa shape index (κ1) is 21.8. The number of nitrogens with zero attached hydrogens (tertiary/aromatic N) is 1. The standard InChI is InChI=1S/C26H32N2O2/c1-18-9-8-12-23(15-18)17-28-20(3)24(25(21(28)4)26(29)30)16-27-19(2)13-14-22-10-6-5-7-11-22/h5-12,15,19,27H,13-14,16-17H2,1-4H3,(H,29,30)/t19-/m0/s1. The molecule has 1 heterocycles. The molecule has 4 heteroatoms. The summed E-state index contributed by atoms with van der Waals surface area (Å²) in [5, 5.41) is 13.4. The van der Waals surface area contributed by atoms with Crippen molar-refractivity contribution in [2.24, 2.45) is 0 Å². The van der Waals surface area contributed by atoms with E-state index in [4.69, 9.17) is 0 Å². The predicted octanol–water partition coefficient (Wildman–Crippen LogP) is 5.27. The maximum atomic E-state index is 12.0. The molecular weight excluding hydrogens is 372 g/mol. The first-order valence-corrected chi connectivity index (χ1v) is 10.6. The molecule has 0 spiro atoms. The second-order valence-electron chi connectivity index (χ2n) is 8.21. The van der Waals surface area contributed by atoms with Crippen LogP contribution in [0.4, 0.5) is 0 Å². The van der Waals surface area contributed by atoms with Gasteiger partial charge in [-0.25, -0.2) is 4.79 Å². The lowest BCUT2D eigenvalue weighted by Crippen LogP contribution is -2.27. The zero-order chi connectivity index (χ0) is 21.7. The molecule has 0 saturated carbocycles. The number of benzene rings is 2. The maximum absolute atomic E-state index is 12.0. The highest BCUT2D eigenvalue weighted by atomic mass is 16.4. The third-order valence-electron chi connectivity index (χ3n) is 5.88. The summed E-state index contributed by atoms with van der Waals surface area (Å²) >= 11 is 0. The molecule has 0 amide bonds. The largest absolute Gasteiger partial charge is 0.478 e. The summed E-state index contributed by atoms with van der Waals surface area (Å²) in [6, 6.07) is 19.1. The van der Waals surface area contributed by atoms with Gasteiger partial charge in [0.1, 0.15) is 0 Å². The van der Waals surface area contributed by atoms with Gasteiger partial charge in [-0.1, -0.05) is 60.2 Å². The minimum Gasteiger partial charge on any atom is -0.478 e. The second kappa shape index (κ2) is 9.77. The fourth-order valence-corrected chi connectivity index (χ4v) is 4.09. The van der Waals surface area contributed by atoms with Crippen LogP contribution in [0.1, 0.15) is 57.3 Å². The van der Waals surface area contributed by atoms with Gasteiger partial charge in [0.25, 0.3) is 0 Å². The molecule has 0 bridgehead atoms. The van der Waals surface area contributed by atoms with Crippen molar-refractivity contribution in [2.75, 3.05) is 0 Å². The average molecular weight is 405 g/mol. The second-order valence-corrected chi connectivity index (χ2v) is 8.21. The molecule has 0 radical (unpaired) electrons. The van der Waals surface area contributed by atoms with E-state index in [9.17, 15) is 9.90 Å². The fourth-order valence-electron chi connectivity index (χ4n) is 4.09. The molecular formula is C26H32N2O2. The summed E-state index contributed by atoms with van der Waals surface area (Å²) in [6.07, 6.45) is 2.02. The van der Waals surface area contributed by atoms with Crippen LogP contribution in [0.15, 0.2) is 54.6 Å². The molecule has 2 N–H and O–H groups in total. The van der Waals surface area contributed by atoms with Crippen molar-refractivity contribution in [1.29, 1.82) is 0 Å². The summed E-state index contributed by atoms with van der Waals surface area (Å²) < 4.78 is 2.13. The van der Waals surface area contributed by atoms with E-state index < -0.39 is 5.97 Å². The summed E-state index contributed by atoms with van der Waals surface area (Å²) in [4.78, 5) is 12.0. The van der Waals surface area contributed by atoms with Gasteiger partial charge >= 0.3 is 5.97 Å². The van der Waals surface area contributed by atoms with Gasteiger partial charge in [0.2, 0.25) is 0 Å². The lowest BCUT2D eigenvalue weighted by atomic mass is 10.1. The van der Waals surface area contributed by atoms with Crippen molar-refractivity contribution in [1.82, 2.24) is 9.88 Å². The van der Waals surface area contributed by atoms with Crippen LogP contribution in [-0.4, -0.2) is 21.7 Å². The van der Waals surface area contributed by atoms with E-state index in [1.807, 2.05) is 26.0 Å². The van der Waals surface area contributed by atoms with Crippen LogP contribution in [0.2, 0.25) is 0 Å². The molecule has 0 unspecified atom stereocenters. The Balaban J connectivity index is 1.74. The normalized spacial score (nSPS) is 12.1. The van der Waals surface area contributed by atoms with Gasteiger partial charge in [-0.05, 0) is 51.7 Å². The Hall–Kier alpha value is -2.85. The van der Waals surface area contributed by atoms with Gasteiger partial charge in [0, 0.05) is 36.1 Å². The van der Waals surface area contributed by atoms with Gasteiger partial charge in [0.15, 0.2) is 0 Å². The number of aromatic nitrogens is 1. The number of hydrogen-bond acceptors (Lipinski definition) is 2. The van der Waals surface area contributed by atoms with Gasteiger partial charge in [0.05, 0.1) is 5.56 Å². The first-order chi connectivity index (χ1) is 14.4. The van der Waals surface area contributed by atoms with E-state index >= 15 is 0 Å². The van der Waals surface area contributed by atoms with Crippen LogP contribution >= 0.6 is 0 Å². The topological polar surface area (TPSA) is 54.3 Å². The Morgan fingerprint density at radius 3 is 2.37 bits per heavy atom. The van der Waals surface area contributed by atoms with Crippen molar-refractivity contribution in [3.8, 4) is 0 Å². The Bertz CT molecular complexity index is 1010. The SMILES string of the molecule is Cc1cccc(Cn2c(C)c(CN[C@@H](C)CCc3ccccc3)c(C(=O)O)c2C)c1. The summed E-state index contributed by atoms with van der Waals surface area (Å²) in [5.41, 5.74) is 6.88. The number of hydrogen-bond donors (Lipinski definition) is 2. The third-order valence-corrected chi connectivity index (χ3v) is 5.88. The Kier molecular flexibility index (Phi) is 7.11. The molecule has 2 aromatic carbocycles. The molecule has 0 saturated heterocycles. The van der Waals surface area contributed by atoms with Crippen LogP contribution in [0, 0.1) is 20.8 Å². The zero-order valence-corrected chi connectivity index (χ0v) is 18.4. The highest BCUT2D eigenvalue weighted by molar-refractivity contribution is 5.91. The molecule has 0 aliphatic rings. The quantitative estimate of drug-likeness (QED) is 0.511. The van der Waals surface area contributed by atoms with Gasteiger partial charge in [-0.15, -0.1) is 0 Å². The smallest absolute Gasteiger partial charge is 0.337 e. The highest BCUT2D eigenvalue weighted by Crippen LogP contribution is 2.24. The minimum atomic E-state index is -0.854. The highest BCUT2D eigenvalue weighted by Gasteiger charge is 2.22.